The van der Waals surface area contributed by atoms with Crippen LogP contribution in [0.15, 0.2) is 48.5 Å². The van der Waals surface area contributed by atoms with Crippen molar-refractivity contribution in [1.29, 1.82) is 0 Å². The second kappa shape index (κ2) is 6.03. The largest absolute Gasteiger partial charge is 0.0799 e. The van der Waals surface area contributed by atoms with E-state index in [0.717, 1.165) is 0 Å². The monoisotopic (exact) mass is 265 g/mol. The van der Waals surface area contributed by atoms with E-state index in [2.05, 4.69) is 81.5 Å². The standard InChI is InChI=1S/C18H21Si/c1-14-5-9-16(10-6-14)13-18(19(3)4)17-11-7-15(2)8-12-17/h5-13H,1-4H3/b18-13+. The van der Waals surface area contributed by atoms with Crippen LogP contribution in [-0.2, 0) is 0 Å². The summed E-state index contributed by atoms with van der Waals surface area (Å²) >= 11 is 0. The molecule has 0 nitrogen and oxygen atoms in total. The highest BCUT2D eigenvalue weighted by atomic mass is 28.3. The molecule has 0 aromatic heterocycles. The molecule has 1 radical (unpaired) electrons. The summed E-state index contributed by atoms with van der Waals surface area (Å²) in [4.78, 5) is 0. The Balaban J connectivity index is 2.40. The van der Waals surface area contributed by atoms with Crippen LogP contribution in [0.3, 0.4) is 0 Å². The van der Waals surface area contributed by atoms with Gasteiger partial charge in [-0.3, -0.25) is 0 Å². The summed E-state index contributed by atoms with van der Waals surface area (Å²) in [5.74, 6) is 0. The van der Waals surface area contributed by atoms with Crippen LogP contribution in [0.2, 0.25) is 13.1 Å². The Kier molecular flexibility index (Phi) is 4.38. The first-order chi connectivity index (χ1) is 9.06. The smallest absolute Gasteiger partial charge is 0.0671 e. The Labute approximate surface area is 118 Å². The lowest BCUT2D eigenvalue weighted by molar-refractivity contribution is 1.45. The Morgan fingerprint density at radius 2 is 1.26 bits per heavy atom. The van der Waals surface area contributed by atoms with E-state index in [0.29, 0.717) is 0 Å². The van der Waals surface area contributed by atoms with Crippen LogP contribution in [0.4, 0.5) is 0 Å². The van der Waals surface area contributed by atoms with Crippen molar-refractivity contribution in [3.05, 3.63) is 70.8 Å². The molecule has 2 rings (SSSR count). The summed E-state index contributed by atoms with van der Waals surface area (Å²) in [5, 5.41) is 1.49. The fraction of sp³-hybridized carbons (Fsp3) is 0.222. The molecule has 0 fully saturated rings. The summed E-state index contributed by atoms with van der Waals surface area (Å²) in [6, 6.07) is 17.6. The molecule has 0 N–H and O–H groups in total. The van der Waals surface area contributed by atoms with Crippen LogP contribution < -0.4 is 0 Å². The Morgan fingerprint density at radius 3 is 1.74 bits per heavy atom. The Hall–Kier alpha value is -1.60. The molecule has 97 valence electrons. The molecule has 0 aliphatic heterocycles. The second-order valence-corrected chi connectivity index (χ2v) is 7.87. The molecule has 0 amide bonds. The van der Waals surface area contributed by atoms with Gasteiger partial charge in [0.2, 0.25) is 0 Å². The topological polar surface area (TPSA) is 0 Å². The van der Waals surface area contributed by atoms with Gasteiger partial charge >= 0.3 is 0 Å². The minimum atomic E-state index is -0.484. The second-order valence-electron chi connectivity index (χ2n) is 5.33. The van der Waals surface area contributed by atoms with Crippen LogP contribution in [0.1, 0.15) is 22.3 Å². The van der Waals surface area contributed by atoms with Gasteiger partial charge in [0.1, 0.15) is 0 Å². The Bertz CT molecular complexity index is 560. The predicted octanol–water partition coefficient (Wildman–Crippen LogP) is 5.14. The first kappa shape index (κ1) is 13.8. The lowest BCUT2D eigenvalue weighted by atomic mass is 10.1. The highest BCUT2D eigenvalue weighted by molar-refractivity contribution is 6.78. The van der Waals surface area contributed by atoms with Crippen molar-refractivity contribution in [3.63, 3.8) is 0 Å². The maximum atomic E-state index is 2.35. The van der Waals surface area contributed by atoms with E-state index in [9.17, 15) is 0 Å². The van der Waals surface area contributed by atoms with E-state index in [-0.39, 0.29) is 0 Å². The fourth-order valence-corrected chi connectivity index (χ4v) is 3.28. The van der Waals surface area contributed by atoms with Crippen LogP contribution in [0.25, 0.3) is 11.3 Å². The van der Waals surface area contributed by atoms with Gasteiger partial charge in [-0.15, -0.1) is 0 Å². The molecule has 2 aromatic rings. The van der Waals surface area contributed by atoms with Gasteiger partial charge in [-0.05, 0) is 25.0 Å². The molecule has 0 saturated heterocycles. The van der Waals surface area contributed by atoms with Crippen LogP contribution in [0.5, 0.6) is 0 Å². The third-order valence-electron chi connectivity index (χ3n) is 3.29. The molecule has 0 atom stereocenters. The van der Waals surface area contributed by atoms with Gasteiger partial charge in [-0.2, -0.15) is 0 Å². The van der Waals surface area contributed by atoms with Gasteiger partial charge in [0.25, 0.3) is 0 Å². The number of benzene rings is 2. The van der Waals surface area contributed by atoms with Crippen molar-refractivity contribution < 1.29 is 0 Å². The molecule has 2 aromatic carbocycles. The third-order valence-corrected chi connectivity index (χ3v) is 4.80. The first-order valence-electron chi connectivity index (χ1n) is 6.72. The zero-order valence-electron chi connectivity index (χ0n) is 12.2. The number of hydrogen-bond donors (Lipinski definition) is 0. The average molecular weight is 265 g/mol. The van der Waals surface area contributed by atoms with E-state index in [1.54, 1.807) is 0 Å². The lowest BCUT2D eigenvalue weighted by Crippen LogP contribution is -2.04. The van der Waals surface area contributed by atoms with Crippen molar-refractivity contribution in [2.45, 2.75) is 26.9 Å². The molecule has 19 heavy (non-hydrogen) atoms. The normalized spacial score (nSPS) is 11.9. The van der Waals surface area contributed by atoms with E-state index in [1.807, 2.05) is 0 Å². The van der Waals surface area contributed by atoms with Gasteiger partial charge in [-0.25, -0.2) is 0 Å². The van der Waals surface area contributed by atoms with Gasteiger partial charge in [0.05, 0.1) is 8.80 Å². The van der Waals surface area contributed by atoms with E-state index in [4.69, 9.17) is 0 Å². The summed E-state index contributed by atoms with van der Waals surface area (Å²) in [6.45, 7) is 8.97. The van der Waals surface area contributed by atoms with E-state index in [1.165, 1.54) is 27.5 Å². The summed E-state index contributed by atoms with van der Waals surface area (Å²) < 4.78 is 0. The maximum Gasteiger partial charge on any atom is 0.0799 e. The van der Waals surface area contributed by atoms with Gasteiger partial charge in [-0.1, -0.05) is 84.0 Å². The molecular formula is C18H21Si. The molecular weight excluding hydrogens is 244 g/mol. The minimum Gasteiger partial charge on any atom is -0.0671 e. The average Bonchev–Trinajstić information content (AvgIpc) is 2.39. The van der Waals surface area contributed by atoms with Crippen molar-refractivity contribution in [2.75, 3.05) is 0 Å². The molecule has 1 heteroatoms. The van der Waals surface area contributed by atoms with Crippen molar-refractivity contribution in [2.24, 2.45) is 0 Å². The first-order valence-corrected chi connectivity index (χ1v) is 9.22. The molecule has 0 saturated carbocycles. The van der Waals surface area contributed by atoms with Gasteiger partial charge in [0, 0.05) is 0 Å². The highest BCUT2D eigenvalue weighted by Crippen LogP contribution is 2.22. The third kappa shape index (κ3) is 3.68. The zero-order valence-corrected chi connectivity index (χ0v) is 13.2. The van der Waals surface area contributed by atoms with E-state index >= 15 is 0 Å². The lowest BCUT2D eigenvalue weighted by Gasteiger charge is -2.11. The number of rotatable bonds is 3. The van der Waals surface area contributed by atoms with Gasteiger partial charge < -0.3 is 0 Å². The summed E-state index contributed by atoms with van der Waals surface area (Å²) in [6.07, 6.45) is 2.35. The van der Waals surface area contributed by atoms with Crippen LogP contribution in [0, 0.1) is 13.8 Å². The summed E-state index contributed by atoms with van der Waals surface area (Å²) in [7, 11) is -0.484. The molecule has 0 unspecified atom stereocenters. The molecule has 0 heterocycles. The maximum absolute atomic E-state index is 2.35. The number of aryl methyl sites for hydroxylation is 2. The van der Waals surface area contributed by atoms with Crippen LogP contribution >= 0.6 is 0 Å². The van der Waals surface area contributed by atoms with E-state index < -0.39 is 8.80 Å². The van der Waals surface area contributed by atoms with Crippen molar-refractivity contribution in [3.8, 4) is 0 Å². The molecule has 0 aliphatic carbocycles. The quantitative estimate of drug-likeness (QED) is 0.532. The van der Waals surface area contributed by atoms with Gasteiger partial charge in [0.15, 0.2) is 0 Å². The highest BCUT2D eigenvalue weighted by Gasteiger charge is 2.08. The Morgan fingerprint density at radius 1 is 0.789 bits per heavy atom. The number of hydrogen-bond acceptors (Lipinski definition) is 0. The summed E-state index contributed by atoms with van der Waals surface area (Å²) in [5.41, 5.74) is 5.30. The molecule has 0 aliphatic rings. The SMILES string of the molecule is Cc1ccc(/C=C(\c2ccc(C)cc2)[Si](C)C)cc1. The predicted molar refractivity (Wildman–Crippen MR) is 87.7 cm³/mol. The molecule has 0 bridgehead atoms. The van der Waals surface area contributed by atoms with Crippen LogP contribution in [-0.4, -0.2) is 8.80 Å². The minimum absolute atomic E-state index is 0.484. The zero-order chi connectivity index (χ0) is 13.8. The van der Waals surface area contributed by atoms with Crippen molar-refractivity contribution in [1.82, 2.24) is 0 Å². The fourth-order valence-electron chi connectivity index (χ4n) is 2.08. The van der Waals surface area contributed by atoms with Crippen molar-refractivity contribution >= 4 is 20.1 Å². The molecule has 0 spiro atoms.